The van der Waals surface area contributed by atoms with Gasteiger partial charge in [-0.25, -0.2) is 0 Å². The summed E-state index contributed by atoms with van der Waals surface area (Å²) >= 11 is 0. The number of benzene rings is 8. The van der Waals surface area contributed by atoms with E-state index in [0.717, 1.165) is 11.4 Å². The molecule has 2 aliphatic carbocycles. The Morgan fingerprint density at radius 3 is 1.73 bits per heavy atom. The molecule has 0 amide bonds. The Kier molecular flexibility index (Phi) is 8.67. The number of anilines is 3. The second-order valence-corrected chi connectivity index (χ2v) is 16.3. The molecule has 56 heavy (non-hydrogen) atoms. The van der Waals surface area contributed by atoms with Crippen LogP contribution in [-0.4, -0.2) is 0 Å². The Bertz CT molecular complexity index is 2670. The fourth-order valence-corrected chi connectivity index (χ4v) is 9.89. The van der Waals surface area contributed by atoms with Crippen LogP contribution in [-0.2, 0) is 5.41 Å². The van der Waals surface area contributed by atoms with Gasteiger partial charge in [0.1, 0.15) is 0 Å². The maximum atomic E-state index is 2.46. The van der Waals surface area contributed by atoms with Gasteiger partial charge in [-0.1, -0.05) is 185 Å². The van der Waals surface area contributed by atoms with Crippen molar-refractivity contribution in [3.63, 3.8) is 0 Å². The summed E-state index contributed by atoms with van der Waals surface area (Å²) in [6.45, 7) is 4.72. The summed E-state index contributed by atoms with van der Waals surface area (Å²) in [5, 5.41) is 2.73. The number of fused-ring (bicyclic) bond motifs is 4. The zero-order chi connectivity index (χ0) is 37.6. The molecular weight excluding hydrogens is 675 g/mol. The monoisotopic (exact) mass is 721 g/mol. The molecule has 1 heteroatoms. The molecule has 0 spiro atoms. The molecular formula is C55H47N. The van der Waals surface area contributed by atoms with Gasteiger partial charge in [-0.15, -0.1) is 0 Å². The van der Waals surface area contributed by atoms with Gasteiger partial charge in [0.25, 0.3) is 0 Å². The molecule has 0 atom stereocenters. The average molecular weight is 722 g/mol. The van der Waals surface area contributed by atoms with Crippen LogP contribution >= 0.6 is 0 Å². The minimum atomic E-state index is -0.0350. The fraction of sp³-hybridized carbons (Fsp3) is 0.164. The van der Waals surface area contributed by atoms with Crippen molar-refractivity contribution in [1.82, 2.24) is 0 Å². The number of nitrogens with zero attached hydrogens (tertiary/aromatic N) is 1. The second kappa shape index (κ2) is 14.2. The van der Waals surface area contributed by atoms with Gasteiger partial charge in [0, 0.05) is 22.4 Å². The molecule has 2 aliphatic rings. The lowest BCUT2D eigenvalue weighted by molar-refractivity contribution is 0.445. The van der Waals surface area contributed by atoms with Crippen LogP contribution in [0.3, 0.4) is 0 Å². The Hall–Kier alpha value is -6.18. The van der Waals surface area contributed by atoms with Crippen LogP contribution in [0.2, 0.25) is 0 Å². The normalized spacial score (nSPS) is 14.7. The van der Waals surface area contributed by atoms with E-state index >= 15 is 0 Å². The molecule has 8 aromatic rings. The topological polar surface area (TPSA) is 3.24 Å². The van der Waals surface area contributed by atoms with Crippen LogP contribution in [0.25, 0.3) is 55.3 Å². The quantitative estimate of drug-likeness (QED) is 0.158. The van der Waals surface area contributed by atoms with Crippen LogP contribution in [0.15, 0.2) is 182 Å². The highest BCUT2D eigenvalue weighted by atomic mass is 15.1. The van der Waals surface area contributed by atoms with E-state index in [9.17, 15) is 0 Å². The van der Waals surface area contributed by atoms with E-state index < -0.39 is 0 Å². The number of rotatable bonds is 7. The van der Waals surface area contributed by atoms with E-state index in [2.05, 4.69) is 201 Å². The summed E-state index contributed by atoms with van der Waals surface area (Å²) in [5.41, 5.74) is 18.0. The Morgan fingerprint density at radius 1 is 0.429 bits per heavy atom. The van der Waals surface area contributed by atoms with Gasteiger partial charge in [-0.3, -0.25) is 0 Å². The fourth-order valence-electron chi connectivity index (χ4n) is 9.89. The second-order valence-electron chi connectivity index (χ2n) is 16.3. The first kappa shape index (κ1) is 34.3. The summed E-state index contributed by atoms with van der Waals surface area (Å²) < 4.78 is 0. The molecule has 0 unspecified atom stereocenters. The Labute approximate surface area is 331 Å². The minimum Gasteiger partial charge on any atom is -0.310 e. The summed E-state index contributed by atoms with van der Waals surface area (Å²) in [4.78, 5) is 2.46. The summed E-state index contributed by atoms with van der Waals surface area (Å²) in [6.07, 6.45) is 6.53. The lowest BCUT2D eigenvalue weighted by Gasteiger charge is -2.29. The molecule has 0 aromatic heterocycles. The first-order valence-corrected chi connectivity index (χ1v) is 20.5. The molecule has 0 aliphatic heterocycles. The van der Waals surface area contributed by atoms with E-state index in [1.807, 2.05) is 0 Å². The van der Waals surface area contributed by atoms with E-state index in [0.29, 0.717) is 5.92 Å². The first-order valence-electron chi connectivity index (χ1n) is 20.5. The third kappa shape index (κ3) is 5.85. The predicted molar refractivity (Wildman–Crippen MR) is 238 cm³/mol. The molecule has 8 aromatic carbocycles. The first-order chi connectivity index (χ1) is 27.6. The van der Waals surface area contributed by atoms with Gasteiger partial charge in [0.2, 0.25) is 0 Å². The molecule has 1 nitrogen and oxygen atoms in total. The Morgan fingerprint density at radius 2 is 0.982 bits per heavy atom. The standard InChI is InChI=1S/C55H47N/c1-55(2)50-27-11-9-23-49(50)54-46(25-15-28-51(54)55)41-32-36-44(37-33-41)56(43-34-30-39(31-35-43)38-16-5-3-6-17-38)52-29-12-10-22-47(52)48-26-14-21-42-20-13-24-45(53(42)48)40-18-7-4-8-19-40/h3,5-6,9-17,20-37,40H,4,7-8,18-19H2,1-2H3. The van der Waals surface area contributed by atoms with Crippen molar-refractivity contribution >= 4 is 27.8 Å². The summed E-state index contributed by atoms with van der Waals surface area (Å²) in [7, 11) is 0. The number of para-hydroxylation sites is 1. The summed E-state index contributed by atoms with van der Waals surface area (Å²) in [5.74, 6) is 0.604. The van der Waals surface area contributed by atoms with Crippen molar-refractivity contribution in [2.24, 2.45) is 0 Å². The molecule has 0 heterocycles. The third-order valence-corrected chi connectivity index (χ3v) is 12.7. The SMILES string of the molecule is CC1(C)c2ccccc2-c2c(-c3ccc(N(c4ccc(-c5ccccc5)cc4)c4ccccc4-c4cccc5cccc(C6CCCCC6)c45)cc3)cccc21. The van der Waals surface area contributed by atoms with Crippen molar-refractivity contribution in [3.05, 3.63) is 199 Å². The van der Waals surface area contributed by atoms with Crippen LogP contribution in [0, 0.1) is 0 Å². The third-order valence-electron chi connectivity index (χ3n) is 12.7. The molecule has 10 rings (SSSR count). The maximum Gasteiger partial charge on any atom is 0.0540 e. The smallest absolute Gasteiger partial charge is 0.0540 e. The zero-order valence-corrected chi connectivity index (χ0v) is 32.4. The van der Waals surface area contributed by atoms with Crippen LogP contribution < -0.4 is 4.90 Å². The largest absolute Gasteiger partial charge is 0.310 e. The van der Waals surface area contributed by atoms with Gasteiger partial charge in [0.15, 0.2) is 0 Å². The molecule has 0 radical (unpaired) electrons. The highest BCUT2D eigenvalue weighted by Gasteiger charge is 2.36. The highest BCUT2D eigenvalue weighted by molar-refractivity contribution is 6.03. The molecule has 1 saturated carbocycles. The van der Waals surface area contributed by atoms with Crippen molar-refractivity contribution in [2.75, 3.05) is 4.90 Å². The lowest BCUT2D eigenvalue weighted by Crippen LogP contribution is -2.14. The van der Waals surface area contributed by atoms with Crippen molar-refractivity contribution in [1.29, 1.82) is 0 Å². The molecule has 0 N–H and O–H groups in total. The zero-order valence-electron chi connectivity index (χ0n) is 32.4. The predicted octanol–water partition coefficient (Wildman–Crippen LogP) is 15.7. The van der Waals surface area contributed by atoms with Crippen molar-refractivity contribution in [3.8, 4) is 44.5 Å². The molecule has 272 valence electrons. The van der Waals surface area contributed by atoms with E-state index in [-0.39, 0.29) is 5.41 Å². The minimum absolute atomic E-state index is 0.0350. The molecule has 0 saturated heterocycles. The van der Waals surface area contributed by atoms with E-state index in [1.165, 1.54) is 110 Å². The highest BCUT2D eigenvalue weighted by Crippen LogP contribution is 2.52. The maximum absolute atomic E-state index is 2.46. The van der Waals surface area contributed by atoms with Gasteiger partial charge in [-0.2, -0.15) is 0 Å². The van der Waals surface area contributed by atoms with Crippen LogP contribution in [0.1, 0.15) is 68.6 Å². The van der Waals surface area contributed by atoms with Crippen LogP contribution in [0.4, 0.5) is 17.1 Å². The van der Waals surface area contributed by atoms with E-state index in [1.54, 1.807) is 0 Å². The van der Waals surface area contributed by atoms with Gasteiger partial charge >= 0.3 is 0 Å². The van der Waals surface area contributed by atoms with Crippen LogP contribution in [0.5, 0.6) is 0 Å². The van der Waals surface area contributed by atoms with Gasteiger partial charge in [0.05, 0.1) is 5.69 Å². The molecule has 0 bridgehead atoms. The molecule has 1 fully saturated rings. The lowest BCUT2D eigenvalue weighted by atomic mass is 9.80. The summed E-state index contributed by atoms with van der Waals surface area (Å²) in [6, 6.07) is 67.8. The number of hydrogen-bond acceptors (Lipinski definition) is 1. The van der Waals surface area contributed by atoms with Gasteiger partial charge < -0.3 is 4.90 Å². The van der Waals surface area contributed by atoms with Gasteiger partial charge in [-0.05, 0) is 115 Å². The number of hydrogen-bond donors (Lipinski definition) is 0. The average Bonchev–Trinajstić information content (AvgIpc) is 3.50. The van der Waals surface area contributed by atoms with Crippen molar-refractivity contribution in [2.45, 2.75) is 57.3 Å². The van der Waals surface area contributed by atoms with E-state index in [4.69, 9.17) is 0 Å². The Balaban J connectivity index is 1.13. The van der Waals surface area contributed by atoms with Crippen molar-refractivity contribution < 1.29 is 0 Å².